The van der Waals surface area contributed by atoms with Gasteiger partial charge in [-0.25, -0.2) is 9.97 Å². The minimum Gasteiger partial charge on any atom is -0.491 e. The first kappa shape index (κ1) is 24.9. The third-order valence-electron chi connectivity index (χ3n) is 5.61. The van der Waals surface area contributed by atoms with E-state index in [0.29, 0.717) is 41.2 Å². The fourth-order valence-corrected chi connectivity index (χ4v) is 3.69. The fourth-order valence-electron chi connectivity index (χ4n) is 3.69. The molecule has 0 radical (unpaired) electrons. The molecule has 1 aliphatic rings. The van der Waals surface area contributed by atoms with E-state index in [1.165, 1.54) is 29.6 Å². The molecule has 0 saturated heterocycles. The smallest absolute Gasteiger partial charge is 0.298 e. The number of aromatic nitrogens is 5. The topological polar surface area (TPSA) is 138 Å². The summed E-state index contributed by atoms with van der Waals surface area (Å²) in [6, 6.07) is 8.08. The molecule has 0 aliphatic heterocycles. The molecule has 0 unspecified atom stereocenters. The van der Waals surface area contributed by atoms with Gasteiger partial charge < -0.3 is 19.3 Å². The molecule has 0 bridgehead atoms. The molecule has 1 aliphatic carbocycles. The highest BCUT2D eigenvalue weighted by Gasteiger charge is 2.30. The number of anilines is 2. The van der Waals surface area contributed by atoms with Crippen LogP contribution in [0.25, 0.3) is 0 Å². The molecule has 2 amide bonds. The van der Waals surface area contributed by atoms with Crippen molar-refractivity contribution in [3.05, 3.63) is 66.4 Å². The molecule has 38 heavy (non-hydrogen) atoms. The van der Waals surface area contributed by atoms with Gasteiger partial charge in [-0.05, 0) is 44.7 Å². The number of benzene rings is 1. The van der Waals surface area contributed by atoms with Crippen LogP contribution in [0.2, 0.25) is 0 Å². The van der Waals surface area contributed by atoms with Crippen LogP contribution in [0, 0.1) is 5.92 Å². The zero-order valence-corrected chi connectivity index (χ0v) is 21.2. The second-order valence-corrected chi connectivity index (χ2v) is 9.24. The molecule has 1 aromatic carbocycles. The van der Waals surface area contributed by atoms with Crippen molar-refractivity contribution < 1.29 is 23.6 Å². The van der Waals surface area contributed by atoms with Crippen molar-refractivity contribution in [1.29, 1.82) is 0 Å². The van der Waals surface area contributed by atoms with E-state index in [4.69, 9.17) is 14.0 Å². The summed E-state index contributed by atoms with van der Waals surface area (Å²) in [5.41, 5.74) is 0.321. The van der Waals surface area contributed by atoms with Crippen LogP contribution in [0.4, 0.5) is 11.6 Å². The van der Waals surface area contributed by atoms with Crippen LogP contribution in [0.15, 0.2) is 59.6 Å². The van der Waals surface area contributed by atoms with Crippen molar-refractivity contribution in [2.75, 3.05) is 16.8 Å². The fraction of sp³-hybridized carbons (Fsp3) is 0.308. The van der Waals surface area contributed by atoms with Gasteiger partial charge in [-0.3, -0.25) is 19.2 Å². The lowest BCUT2D eigenvalue weighted by Gasteiger charge is -2.20. The van der Waals surface area contributed by atoms with Crippen LogP contribution in [0.1, 0.15) is 47.6 Å². The Kier molecular flexibility index (Phi) is 7.03. The summed E-state index contributed by atoms with van der Waals surface area (Å²) in [5, 5.41) is 10.6. The normalized spacial score (nSPS) is 12.8. The van der Waals surface area contributed by atoms with Gasteiger partial charge in [0.15, 0.2) is 11.6 Å². The van der Waals surface area contributed by atoms with E-state index in [1.54, 1.807) is 42.2 Å². The summed E-state index contributed by atoms with van der Waals surface area (Å²) in [7, 11) is 1.76. The molecule has 12 heteroatoms. The van der Waals surface area contributed by atoms with Crippen molar-refractivity contribution in [2.45, 2.75) is 32.8 Å². The summed E-state index contributed by atoms with van der Waals surface area (Å²) in [5.74, 6) is 1.62. The van der Waals surface area contributed by atoms with Crippen molar-refractivity contribution in [1.82, 2.24) is 24.9 Å². The maximum atomic E-state index is 12.9. The monoisotopic (exact) mass is 517 g/mol. The minimum atomic E-state index is -0.370. The summed E-state index contributed by atoms with van der Waals surface area (Å²) in [4.78, 5) is 36.1. The Hall–Kier alpha value is -4.74. The second-order valence-electron chi connectivity index (χ2n) is 9.24. The second kappa shape index (κ2) is 10.7. The number of hydrogen-bond acceptors (Lipinski definition) is 9. The van der Waals surface area contributed by atoms with Gasteiger partial charge in [0.1, 0.15) is 11.5 Å². The van der Waals surface area contributed by atoms with Crippen LogP contribution < -0.4 is 19.7 Å². The lowest BCUT2D eigenvalue weighted by Crippen LogP contribution is -2.33. The molecule has 1 N–H and O–H groups in total. The molecule has 0 atom stereocenters. The molecule has 3 heterocycles. The van der Waals surface area contributed by atoms with Gasteiger partial charge >= 0.3 is 0 Å². The van der Waals surface area contributed by atoms with Gasteiger partial charge in [0.05, 0.1) is 24.7 Å². The van der Waals surface area contributed by atoms with Crippen molar-refractivity contribution in [3.63, 3.8) is 0 Å². The van der Waals surface area contributed by atoms with E-state index >= 15 is 0 Å². The van der Waals surface area contributed by atoms with Gasteiger partial charge in [-0.1, -0.05) is 5.16 Å². The number of carbonyl (C=O) groups excluding carboxylic acids is 2. The highest BCUT2D eigenvalue weighted by molar-refractivity contribution is 6.04. The molecule has 0 spiro atoms. The first-order valence-electron chi connectivity index (χ1n) is 12.2. The SMILES string of the molecule is CC(C)Oc1cc(Oc2cnc(N(CC3CC3)C(=O)c3ccno3)cn2)cc(C(=O)Nc2ccn(C)n2)c1. The summed E-state index contributed by atoms with van der Waals surface area (Å²) < 4.78 is 18.4. The minimum absolute atomic E-state index is 0.115. The molecular weight excluding hydrogens is 490 g/mol. The number of carbonyl (C=O) groups is 2. The van der Waals surface area contributed by atoms with Crippen molar-refractivity contribution >= 4 is 23.5 Å². The van der Waals surface area contributed by atoms with Gasteiger partial charge in [0, 0.05) is 43.6 Å². The molecule has 196 valence electrons. The summed E-state index contributed by atoms with van der Waals surface area (Å²) in [6.07, 6.45) is 8.04. The van der Waals surface area contributed by atoms with E-state index in [2.05, 4.69) is 25.5 Å². The number of ether oxygens (including phenoxy) is 2. The first-order valence-corrected chi connectivity index (χ1v) is 12.2. The summed E-state index contributed by atoms with van der Waals surface area (Å²) in [6.45, 7) is 4.29. The zero-order chi connectivity index (χ0) is 26.6. The van der Waals surface area contributed by atoms with Crippen molar-refractivity contribution in [3.8, 4) is 17.4 Å². The number of aryl methyl sites for hydroxylation is 1. The molecule has 3 aromatic heterocycles. The maximum absolute atomic E-state index is 12.9. The Morgan fingerprint density at radius 3 is 2.61 bits per heavy atom. The molecule has 1 saturated carbocycles. The van der Waals surface area contributed by atoms with E-state index in [0.717, 1.165) is 12.8 Å². The standard InChI is InChI=1S/C26H27N7O5/c1-16(2)36-19-10-18(25(34)30-22-7-9-32(3)31-22)11-20(12-19)37-24-14-27-23(13-28-24)33(15-17-4-5-17)26(35)21-6-8-29-38-21/h6-14,16-17H,4-5,15H2,1-3H3,(H,30,31,34). The molecule has 12 nitrogen and oxygen atoms in total. The number of nitrogens with zero attached hydrogens (tertiary/aromatic N) is 6. The Balaban J connectivity index is 1.35. The Morgan fingerprint density at radius 1 is 1.16 bits per heavy atom. The molecule has 5 rings (SSSR count). The quantitative estimate of drug-likeness (QED) is 0.330. The van der Waals surface area contributed by atoms with Crippen LogP contribution >= 0.6 is 0 Å². The molecular formula is C26H27N7O5. The third kappa shape index (κ3) is 6.14. The maximum Gasteiger partial charge on any atom is 0.298 e. The average molecular weight is 518 g/mol. The number of rotatable bonds is 10. The third-order valence-corrected chi connectivity index (χ3v) is 5.61. The van der Waals surface area contributed by atoms with Gasteiger partial charge in [0.25, 0.3) is 11.8 Å². The summed E-state index contributed by atoms with van der Waals surface area (Å²) >= 11 is 0. The highest BCUT2D eigenvalue weighted by Crippen LogP contribution is 2.32. The lowest BCUT2D eigenvalue weighted by molar-refractivity contribution is 0.0948. The average Bonchev–Trinajstić information content (AvgIpc) is 3.35. The highest BCUT2D eigenvalue weighted by atomic mass is 16.5. The molecule has 1 fully saturated rings. The Labute approximate surface area is 218 Å². The first-order chi connectivity index (χ1) is 18.3. The van der Waals surface area contributed by atoms with Crippen molar-refractivity contribution in [2.24, 2.45) is 13.0 Å². The predicted molar refractivity (Wildman–Crippen MR) is 136 cm³/mol. The van der Waals surface area contributed by atoms with Gasteiger partial charge in [-0.2, -0.15) is 5.10 Å². The number of amides is 2. The van der Waals surface area contributed by atoms with Crippen LogP contribution in [0.3, 0.4) is 0 Å². The largest absolute Gasteiger partial charge is 0.491 e. The number of nitrogens with one attached hydrogen (secondary N) is 1. The Morgan fingerprint density at radius 2 is 1.97 bits per heavy atom. The van der Waals surface area contributed by atoms with Crippen LogP contribution in [0.5, 0.6) is 17.4 Å². The van der Waals surface area contributed by atoms with E-state index in [-0.39, 0.29) is 29.6 Å². The van der Waals surface area contributed by atoms with Crippen LogP contribution in [-0.4, -0.2) is 49.4 Å². The molecule has 4 aromatic rings. The lowest BCUT2D eigenvalue weighted by atomic mass is 10.2. The zero-order valence-electron chi connectivity index (χ0n) is 21.2. The predicted octanol–water partition coefficient (Wildman–Crippen LogP) is 4.09. The van der Waals surface area contributed by atoms with Gasteiger partial charge in [-0.15, -0.1) is 0 Å². The van der Waals surface area contributed by atoms with Crippen LogP contribution in [-0.2, 0) is 7.05 Å². The Bertz CT molecular complexity index is 1410. The van der Waals surface area contributed by atoms with E-state index in [9.17, 15) is 9.59 Å². The van der Waals surface area contributed by atoms with Gasteiger partial charge in [0.2, 0.25) is 11.6 Å². The van der Waals surface area contributed by atoms with E-state index in [1.807, 2.05) is 13.8 Å². The van der Waals surface area contributed by atoms with E-state index < -0.39 is 0 Å². The number of hydrogen-bond donors (Lipinski definition) is 1.